The molecule has 4 nitrogen and oxygen atoms in total. The van der Waals surface area contributed by atoms with Gasteiger partial charge in [-0.3, -0.25) is 9.59 Å². The molecule has 0 heterocycles. The summed E-state index contributed by atoms with van der Waals surface area (Å²) in [5.41, 5.74) is 0. The summed E-state index contributed by atoms with van der Waals surface area (Å²) < 4.78 is 10.4. The van der Waals surface area contributed by atoms with E-state index in [-0.39, 0.29) is 24.8 Å². The Morgan fingerprint density at radius 1 is 0.808 bits per heavy atom. The van der Waals surface area contributed by atoms with Gasteiger partial charge in [-0.2, -0.15) is 0 Å². The highest BCUT2D eigenvalue weighted by Crippen LogP contribution is 2.13. The van der Waals surface area contributed by atoms with Crippen molar-refractivity contribution < 1.29 is 19.1 Å². The molecule has 1 unspecified atom stereocenters. The van der Waals surface area contributed by atoms with Crippen LogP contribution in [0, 0.1) is 5.92 Å². The Balaban J connectivity index is 3.61. The molecule has 0 radical (unpaired) electrons. The zero-order chi connectivity index (χ0) is 19.5. The van der Waals surface area contributed by atoms with Crippen LogP contribution in [-0.4, -0.2) is 25.2 Å². The first-order valence-corrected chi connectivity index (χ1v) is 10.6. The van der Waals surface area contributed by atoms with Crippen molar-refractivity contribution in [3.63, 3.8) is 0 Å². The van der Waals surface area contributed by atoms with Gasteiger partial charge in [0.25, 0.3) is 0 Å². The minimum atomic E-state index is -0.313. The van der Waals surface area contributed by atoms with Crippen LogP contribution in [-0.2, 0) is 19.1 Å². The zero-order valence-electron chi connectivity index (χ0n) is 17.3. The lowest BCUT2D eigenvalue weighted by atomic mass is 10.0. The third kappa shape index (κ3) is 16.2. The molecule has 0 N–H and O–H groups in total. The average Bonchev–Trinajstić information content (AvgIpc) is 2.65. The summed E-state index contributed by atoms with van der Waals surface area (Å²) in [5, 5.41) is 0. The maximum absolute atomic E-state index is 11.7. The van der Waals surface area contributed by atoms with Gasteiger partial charge in [0.2, 0.25) is 0 Å². The summed E-state index contributed by atoms with van der Waals surface area (Å²) >= 11 is 0. The quantitative estimate of drug-likeness (QED) is 0.180. The highest BCUT2D eigenvalue weighted by Gasteiger charge is 2.12. The average molecular weight is 369 g/mol. The van der Waals surface area contributed by atoms with E-state index in [2.05, 4.69) is 32.9 Å². The number of carbonyl (C=O) groups is 2. The van der Waals surface area contributed by atoms with E-state index < -0.39 is 0 Å². The normalized spacial score (nSPS) is 12.3. The molecule has 0 bridgehead atoms. The summed E-state index contributed by atoms with van der Waals surface area (Å²) in [6.45, 7) is 7.37. The van der Waals surface area contributed by atoms with Gasteiger partial charge in [-0.25, -0.2) is 0 Å². The van der Waals surface area contributed by atoms with E-state index in [9.17, 15) is 9.59 Å². The number of carbonyl (C=O) groups excluding carboxylic acids is 2. The molecule has 0 aromatic rings. The van der Waals surface area contributed by atoms with Gasteiger partial charge in [-0.1, -0.05) is 65.0 Å². The second-order valence-corrected chi connectivity index (χ2v) is 6.93. The van der Waals surface area contributed by atoms with E-state index in [4.69, 9.17) is 9.47 Å². The van der Waals surface area contributed by atoms with Gasteiger partial charge in [0.05, 0.1) is 26.1 Å². The molecule has 0 spiro atoms. The van der Waals surface area contributed by atoms with Gasteiger partial charge in [-0.05, 0) is 38.0 Å². The topological polar surface area (TPSA) is 52.6 Å². The van der Waals surface area contributed by atoms with Gasteiger partial charge in [0.1, 0.15) is 0 Å². The molecule has 0 aliphatic rings. The van der Waals surface area contributed by atoms with Crippen LogP contribution in [0.25, 0.3) is 0 Å². The van der Waals surface area contributed by atoms with E-state index in [1.54, 1.807) is 0 Å². The molecule has 4 heteroatoms. The molecule has 1 atom stereocenters. The van der Waals surface area contributed by atoms with Gasteiger partial charge in [-0.15, -0.1) is 0 Å². The number of allylic oxidation sites excluding steroid dienone is 2. The van der Waals surface area contributed by atoms with Crippen molar-refractivity contribution in [1.82, 2.24) is 0 Å². The van der Waals surface area contributed by atoms with Crippen LogP contribution >= 0.6 is 0 Å². The third-order valence-corrected chi connectivity index (χ3v) is 4.48. The molecule has 152 valence electrons. The van der Waals surface area contributed by atoms with E-state index in [1.165, 1.54) is 19.3 Å². The Bertz CT molecular complexity index is 376. The molecule has 0 saturated carbocycles. The number of ether oxygens (including phenoxy) is 2. The lowest BCUT2D eigenvalue weighted by Crippen LogP contribution is -2.15. The molecule has 26 heavy (non-hydrogen) atoms. The van der Waals surface area contributed by atoms with Crippen molar-refractivity contribution >= 4 is 11.9 Å². The van der Waals surface area contributed by atoms with Gasteiger partial charge in [0.15, 0.2) is 0 Å². The maximum Gasteiger partial charge on any atom is 0.306 e. The summed E-state index contributed by atoms with van der Waals surface area (Å²) in [6.07, 6.45) is 15.7. The number of unbranched alkanes of at least 4 members (excludes halogenated alkanes) is 5. The summed E-state index contributed by atoms with van der Waals surface area (Å²) in [5.74, 6) is -0.181. The number of hydrogen-bond acceptors (Lipinski definition) is 4. The Morgan fingerprint density at radius 3 is 2.04 bits per heavy atom. The summed E-state index contributed by atoms with van der Waals surface area (Å²) in [7, 11) is 0. The molecule has 0 rings (SSSR count). The van der Waals surface area contributed by atoms with Crippen molar-refractivity contribution in [1.29, 1.82) is 0 Å². The van der Waals surface area contributed by atoms with Crippen LogP contribution in [0.2, 0.25) is 0 Å². The van der Waals surface area contributed by atoms with Crippen molar-refractivity contribution in [3.8, 4) is 0 Å². The van der Waals surface area contributed by atoms with Crippen molar-refractivity contribution in [2.75, 3.05) is 13.2 Å². The first-order valence-electron chi connectivity index (χ1n) is 10.6. The van der Waals surface area contributed by atoms with E-state index >= 15 is 0 Å². The van der Waals surface area contributed by atoms with Crippen LogP contribution in [0.15, 0.2) is 12.2 Å². The summed E-state index contributed by atoms with van der Waals surface area (Å²) in [6, 6.07) is 0. The highest BCUT2D eigenvalue weighted by molar-refractivity contribution is 5.77. The number of rotatable bonds is 17. The molecule has 0 aromatic carbocycles. The molecular formula is C22H40O4. The summed E-state index contributed by atoms with van der Waals surface area (Å²) in [4.78, 5) is 23.4. The molecular weight excluding hydrogens is 328 g/mol. The van der Waals surface area contributed by atoms with Crippen LogP contribution in [0.5, 0.6) is 0 Å². The van der Waals surface area contributed by atoms with Gasteiger partial charge in [0, 0.05) is 0 Å². The zero-order valence-corrected chi connectivity index (χ0v) is 17.3. The smallest absolute Gasteiger partial charge is 0.306 e. The molecule has 0 aromatic heterocycles. The van der Waals surface area contributed by atoms with E-state index in [1.807, 2.05) is 0 Å². The number of esters is 2. The number of hydrogen-bond donors (Lipinski definition) is 0. The highest BCUT2D eigenvalue weighted by atomic mass is 16.5. The Labute approximate surface area is 160 Å². The molecule has 0 aliphatic heterocycles. The lowest BCUT2D eigenvalue weighted by molar-refractivity contribution is -0.151. The van der Waals surface area contributed by atoms with E-state index in [0.717, 1.165) is 44.9 Å². The lowest BCUT2D eigenvalue weighted by Gasteiger charge is -2.14. The molecule has 0 aliphatic carbocycles. The monoisotopic (exact) mass is 368 g/mol. The van der Waals surface area contributed by atoms with Crippen LogP contribution < -0.4 is 0 Å². The van der Waals surface area contributed by atoms with Crippen molar-refractivity contribution in [2.45, 2.75) is 97.8 Å². The Morgan fingerprint density at radius 2 is 1.42 bits per heavy atom. The second kappa shape index (κ2) is 18.5. The first kappa shape index (κ1) is 24.7. The van der Waals surface area contributed by atoms with E-state index in [0.29, 0.717) is 19.1 Å². The Kier molecular flexibility index (Phi) is 17.5. The van der Waals surface area contributed by atoms with Gasteiger partial charge < -0.3 is 9.47 Å². The third-order valence-electron chi connectivity index (χ3n) is 4.48. The predicted octanol–water partition coefficient (Wildman–Crippen LogP) is 5.99. The largest absolute Gasteiger partial charge is 0.466 e. The van der Waals surface area contributed by atoms with Crippen molar-refractivity contribution in [2.24, 2.45) is 5.92 Å². The molecule has 0 saturated heterocycles. The maximum atomic E-state index is 11.7. The minimum absolute atomic E-state index is 0.109. The SMILES string of the molecule is CCCCC/C=C/CCCOC(=O)CCC(=O)OCC(CC)CCCC. The first-order chi connectivity index (χ1) is 12.6. The fourth-order valence-corrected chi connectivity index (χ4v) is 2.59. The fourth-order valence-electron chi connectivity index (χ4n) is 2.59. The minimum Gasteiger partial charge on any atom is -0.466 e. The van der Waals surface area contributed by atoms with Crippen LogP contribution in [0.4, 0.5) is 0 Å². The Hall–Kier alpha value is -1.32. The molecule has 0 fully saturated rings. The standard InChI is InChI=1S/C22H40O4/c1-4-7-9-10-11-12-13-14-18-25-21(23)16-17-22(24)26-19-20(6-3)15-8-5-2/h11-12,20H,4-10,13-19H2,1-3H3/b12-11+. The molecule has 0 amide bonds. The van der Waals surface area contributed by atoms with Crippen LogP contribution in [0.3, 0.4) is 0 Å². The van der Waals surface area contributed by atoms with Gasteiger partial charge >= 0.3 is 11.9 Å². The van der Waals surface area contributed by atoms with Crippen molar-refractivity contribution in [3.05, 3.63) is 12.2 Å². The fraction of sp³-hybridized carbons (Fsp3) is 0.818. The second-order valence-electron chi connectivity index (χ2n) is 6.93. The van der Waals surface area contributed by atoms with Crippen LogP contribution in [0.1, 0.15) is 97.8 Å². The predicted molar refractivity (Wildman–Crippen MR) is 107 cm³/mol.